The van der Waals surface area contributed by atoms with Gasteiger partial charge in [-0.2, -0.15) is 0 Å². The Morgan fingerprint density at radius 2 is 1.90 bits per heavy atom. The Hall–Kier alpha value is -3.41. The van der Waals surface area contributed by atoms with Gasteiger partial charge in [0, 0.05) is 14.1 Å². The van der Waals surface area contributed by atoms with E-state index in [9.17, 15) is 18.8 Å². The van der Waals surface area contributed by atoms with E-state index in [-0.39, 0.29) is 34.1 Å². The second-order valence-corrected chi connectivity index (χ2v) is 7.22. The number of aromatic nitrogens is 4. The van der Waals surface area contributed by atoms with Crippen LogP contribution in [0.5, 0.6) is 5.75 Å². The number of thioether (sulfide) groups is 1. The summed E-state index contributed by atoms with van der Waals surface area (Å²) in [5.41, 5.74) is 4.10. The van der Waals surface area contributed by atoms with Gasteiger partial charge in [-0.05, 0) is 31.2 Å². The Labute approximate surface area is 173 Å². The highest BCUT2D eigenvalue weighted by molar-refractivity contribution is 7.99. The number of nitrogens with two attached hydrogens (primary N) is 1. The molecule has 0 radical (unpaired) electrons. The molecule has 0 unspecified atom stereocenters. The van der Waals surface area contributed by atoms with Crippen molar-refractivity contribution < 1.29 is 18.3 Å². The summed E-state index contributed by atoms with van der Waals surface area (Å²) in [6.07, 6.45) is -0.611. The molecule has 2 N–H and O–H groups in total. The topological polar surface area (TPSA) is 135 Å². The summed E-state index contributed by atoms with van der Waals surface area (Å²) in [5.74, 6) is -0.790. The molecule has 1 aromatic carbocycles. The first-order chi connectivity index (χ1) is 14.2. The van der Waals surface area contributed by atoms with Crippen molar-refractivity contribution in [3.05, 3.63) is 62.4 Å². The molecule has 0 aliphatic carbocycles. The van der Waals surface area contributed by atoms with Crippen molar-refractivity contribution in [2.75, 3.05) is 11.5 Å². The normalized spacial score (nSPS) is 12.0. The van der Waals surface area contributed by atoms with Crippen molar-refractivity contribution >= 4 is 23.4 Å². The standard InChI is InChI=1S/C18H18FN5O5S/c1-9(28-11-6-4-10(19)5-7-11)15-21-22-17(29-15)30-8-12(25)13-14(20)23(2)18(27)24(3)16(13)26/h4-7,9H,8,20H2,1-3H3/t9-/m1/s1. The molecule has 0 aliphatic heterocycles. The summed E-state index contributed by atoms with van der Waals surface area (Å²) in [6, 6.07) is 5.46. The monoisotopic (exact) mass is 435 g/mol. The molecule has 2 heterocycles. The van der Waals surface area contributed by atoms with Crippen LogP contribution in [0.25, 0.3) is 0 Å². The molecule has 30 heavy (non-hydrogen) atoms. The number of ether oxygens (including phenoxy) is 1. The second kappa shape index (κ2) is 8.53. The number of carbonyl (C=O) groups excluding carboxylic acids is 1. The van der Waals surface area contributed by atoms with Gasteiger partial charge >= 0.3 is 5.69 Å². The molecular formula is C18H18FN5O5S. The molecule has 2 aromatic heterocycles. The van der Waals surface area contributed by atoms with Crippen LogP contribution < -0.4 is 21.7 Å². The zero-order valence-corrected chi connectivity index (χ0v) is 17.1. The summed E-state index contributed by atoms with van der Waals surface area (Å²) >= 11 is 0.917. The first-order valence-corrected chi connectivity index (χ1v) is 9.64. The van der Waals surface area contributed by atoms with Gasteiger partial charge in [0.1, 0.15) is 22.9 Å². The van der Waals surface area contributed by atoms with E-state index < -0.39 is 23.1 Å². The van der Waals surface area contributed by atoms with Crippen molar-refractivity contribution in [3.63, 3.8) is 0 Å². The summed E-state index contributed by atoms with van der Waals surface area (Å²) in [7, 11) is 2.63. The Kier molecular flexibility index (Phi) is 6.06. The molecule has 10 nitrogen and oxygen atoms in total. The molecular weight excluding hydrogens is 417 g/mol. The first kappa shape index (κ1) is 21.3. The number of rotatable bonds is 7. The zero-order chi connectivity index (χ0) is 22.0. The molecule has 0 bridgehead atoms. The van der Waals surface area contributed by atoms with E-state index in [1.54, 1.807) is 6.92 Å². The summed E-state index contributed by atoms with van der Waals surface area (Å²) < 4.78 is 25.9. The van der Waals surface area contributed by atoms with Gasteiger partial charge in [-0.15, -0.1) is 10.2 Å². The highest BCUT2D eigenvalue weighted by Gasteiger charge is 2.22. The first-order valence-electron chi connectivity index (χ1n) is 8.66. The lowest BCUT2D eigenvalue weighted by molar-refractivity contribution is 0.102. The Morgan fingerprint density at radius 3 is 2.57 bits per heavy atom. The van der Waals surface area contributed by atoms with Gasteiger partial charge in [0.2, 0.25) is 0 Å². The molecule has 3 rings (SSSR count). The zero-order valence-electron chi connectivity index (χ0n) is 16.3. The largest absolute Gasteiger partial charge is 0.481 e. The van der Waals surface area contributed by atoms with Gasteiger partial charge in [-0.3, -0.25) is 18.7 Å². The predicted molar refractivity (Wildman–Crippen MR) is 106 cm³/mol. The summed E-state index contributed by atoms with van der Waals surface area (Å²) in [6.45, 7) is 1.67. The lowest BCUT2D eigenvalue weighted by atomic mass is 10.2. The average Bonchev–Trinajstić information content (AvgIpc) is 3.20. The number of hydrogen-bond acceptors (Lipinski definition) is 9. The number of nitrogens with zero attached hydrogens (tertiary/aromatic N) is 4. The number of anilines is 1. The molecule has 0 saturated heterocycles. The number of benzene rings is 1. The van der Waals surface area contributed by atoms with Crippen molar-refractivity contribution in [1.29, 1.82) is 0 Å². The minimum atomic E-state index is -0.770. The fourth-order valence-corrected chi connectivity index (χ4v) is 3.17. The van der Waals surface area contributed by atoms with Crippen LogP contribution in [0.1, 0.15) is 29.3 Å². The molecule has 0 spiro atoms. The van der Waals surface area contributed by atoms with Crippen LogP contribution in [-0.2, 0) is 14.1 Å². The van der Waals surface area contributed by atoms with Crippen molar-refractivity contribution in [3.8, 4) is 5.75 Å². The third kappa shape index (κ3) is 4.27. The molecule has 158 valence electrons. The highest BCUT2D eigenvalue weighted by Crippen LogP contribution is 2.24. The number of Topliss-reactive ketones (excluding diaryl/α,β-unsaturated/α-hetero) is 1. The smallest absolute Gasteiger partial charge is 0.332 e. The van der Waals surface area contributed by atoms with E-state index in [4.69, 9.17) is 14.9 Å². The van der Waals surface area contributed by atoms with Crippen LogP contribution in [-0.4, -0.2) is 30.9 Å². The lowest BCUT2D eigenvalue weighted by Gasteiger charge is -2.10. The average molecular weight is 435 g/mol. The number of hydrogen-bond donors (Lipinski definition) is 1. The van der Waals surface area contributed by atoms with Gasteiger partial charge in [-0.1, -0.05) is 11.8 Å². The fraction of sp³-hybridized carbons (Fsp3) is 0.278. The maximum atomic E-state index is 13.0. The number of nitrogen functional groups attached to an aromatic ring is 1. The van der Waals surface area contributed by atoms with Crippen LogP contribution in [0.4, 0.5) is 10.2 Å². The van der Waals surface area contributed by atoms with Gasteiger partial charge < -0.3 is 14.9 Å². The van der Waals surface area contributed by atoms with E-state index in [1.165, 1.54) is 38.4 Å². The maximum Gasteiger partial charge on any atom is 0.332 e. The quantitative estimate of drug-likeness (QED) is 0.430. The van der Waals surface area contributed by atoms with Gasteiger partial charge in [-0.25, -0.2) is 9.18 Å². The minimum Gasteiger partial charge on any atom is -0.481 e. The third-order valence-corrected chi connectivity index (χ3v) is 5.03. The SMILES string of the molecule is C[C@@H](Oc1ccc(F)cc1)c1nnc(SCC(=O)c2c(N)n(C)c(=O)n(C)c2=O)o1. The molecule has 0 aliphatic rings. The number of ketones is 1. The highest BCUT2D eigenvalue weighted by atomic mass is 32.2. The lowest BCUT2D eigenvalue weighted by Crippen LogP contribution is -2.41. The molecule has 0 fully saturated rings. The van der Waals surface area contributed by atoms with E-state index in [0.29, 0.717) is 5.75 Å². The van der Waals surface area contributed by atoms with Crippen LogP contribution in [0, 0.1) is 5.82 Å². The van der Waals surface area contributed by atoms with Gasteiger partial charge in [0.25, 0.3) is 16.7 Å². The minimum absolute atomic E-state index is 0.0909. The van der Waals surface area contributed by atoms with E-state index >= 15 is 0 Å². The van der Waals surface area contributed by atoms with Crippen LogP contribution in [0.3, 0.4) is 0 Å². The molecule has 1 atom stereocenters. The fourth-order valence-electron chi connectivity index (χ4n) is 2.53. The van der Waals surface area contributed by atoms with E-state index in [1.807, 2.05) is 0 Å². The van der Waals surface area contributed by atoms with Gasteiger partial charge in [0.15, 0.2) is 11.9 Å². The summed E-state index contributed by atoms with van der Waals surface area (Å²) in [4.78, 5) is 36.6. The molecule has 12 heteroatoms. The van der Waals surface area contributed by atoms with Crippen molar-refractivity contribution in [2.24, 2.45) is 14.1 Å². The third-order valence-electron chi connectivity index (χ3n) is 4.21. The molecule has 0 saturated carbocycles. The Bertz CT molecular complexity index is 1200. The van der Waals surface area contributed by atoms with Crippen LogP contribution >= 0.6 is 11.8 Å². The number of carbonyl (C=O) groups is 1. The van der Waals surface area contributed by atoms with Crippen molar-refractivity contribution in [2.45, 2.75) is 18.3 Å². The molecule has 0 amide bonds. The maximum absolute atomic E-state index is 13.0. The second-order valence-electron chi connectivity index (χ2n) is 6.30. The summed E-state index contributed by atoms with van der Waals surface area (Å²) in [5, 5.41) is 7.80. The van der Waals surface area contributed by atoms with E-state index in [2.05, 4.69) is 10.2 Å². The Morgan fingerprint density at radius 1 is 1.23 bits per heavy atom. The predicted octanol–water partition coefficient (Wildman–Crippen LogP) is 1.30. The van der Waals surface area contributed by atoms with Gasteiger partial charge in [0.05, 0.1) is 5.75 Å². The van der Waals surface area contributed by atoms with Crippen molar-refractivity contribution in [1.82, 2.24) is 19.3 Å². The Balaban J connectivity index is 1.68. The molecule has 3 aromatic rings. The van der Waals surface area contributed by atoms with E-state index in [0.717, 1.165) is 20.9 Å². The van der Waals surface area contributed by atoms with Crippen LogP contribution in [0.2, 0.25) is 0 Å². The number of halogens is 1. The van der Waals surface area contributed by atoms with Crippen LogP contribution in [0.15, 0.2) is 43.5 Å².